The van der Waals surface area contributed by atoms with Crippen LogP contribution in [0.25, 0.3) is 0 Å². The third-order valence-electron chi connectivity index (χ3n) is 5.81. The minimum absolute atomic E-state index is 0.184. The van der Waals surface area contributed by atoms with Gasteiger partial charge in [-0.3, -0.25) is 9.59 Å². The van der Waals surface area contributed by atoms with Gasteiger partial charge in [-0.15, -0.1) is 0 Å². The maximum Gasteiger partial charge on any atom is 0.230 e. The van der Waals surface area contributed by atoms with E-state index in [0.29, 0.717) is 13.0 Å². The van der Waals surface area contributed by atoms with Crippen LogP contribution in [0, 0.1) is 12.3 Å². The molecule has 0 bridgehead atoms. The number of piperidine rings is 1. The second kappa shape index (κ2) is 7.18. The normalized spacial score (nSPS) is 23.9. The number of carbonyl (C=O) groups is 2. The quantitative estimate of drug-likeness (QED) is 0.821. The number of carbonyl (C=O) groups excluding carboxylic acids is 2. The second-order valence-corrected chi connectivity index (χ2v) is 7.81. The molecule has 3 heterocycles. The molecule has 2 saturated heterocycles. The van der Waals surface area contributed by atoms with Gasteiger partial charge in [0.2, 0.25) is 11.8 Å². The van der Waals surface area contributed by atoms with E-state index in [2.05, 4.69) is 23.4 Å². The molecule has 0 aromatic carbocycles. The highest BCUT2D eigenvalue weighted by atomic mass is 16.2. The van der Waals surface area contributed by atoms with Gasteiger partial charge in [0, 0.05) is 51.0 Å². The molecule has 2 amide bonds. The molecule has 6 heteroatoms. The molecule has 2 aliphatic heterocycles. The summed E-state index contributed by atoms with van der Waals surface area (Å²) in [6.45, 7) is 9.13. The Morgan fingerprint density at radius 3 is 2.80 bits per heavy atom. The molecule has 0 aliphatic carbocycles. The summed E-state index contributed by atoms with van der Waals surface area (Å²) >= 11 is 0. The number of aromatic nitrogens is 2. The number of likely N-dealkylation sites (tertiary alicyclic amines) is 2. The van der Waals surface area contributed by atoms with Gasteiger partial charge in [-0.1, -0.05) is 0 Å². The summed E-state index contributed by atoms with van der Waals surface area (Å²) in [6, 6.07) is 0.243. The maximum absolute atomic E-state index is 12.9. The molecular formula is C19H30N4O2. The Morgan fingerprint density at radius 2 is 2.12 bits per heavy atom. The van der Waals surface area contributed by atoms with Crippen molar-refractivity contribution >= 4 is 11.8 Å². The van der Waals surface area contributed by atoms with E-state index in [-0.39, 0.29) is 23.3 Å². The van der Waals surface area contributed by atoms with Crippen LogP contribution in [0.3, 0.4) is 0 Å². The van der Waals surface area contributed by atoms with Crippen LogP contribution in [0.4, 0.5) is 0 Å². The largest absolute Gasteiger partial charge is 0.342 e. The molecule has 2 fully saturated rings. The van der Waals surface area contributed by atoms with Gasteiger partial charge in [0.25, 0.3) is 0 Å². The molecular weight excluding hydrogens is 316 g/mol. The van der Waals surface area contributed by atoms with Crippen molar-refractivity contribution in [3.05, 3.63) is 18.2 Å². The summed E-state index contributed by atoms with van der Waals surface area (Å²) < 4.78 is 2.07. The zero-order valence-corrected chi connectivity index (χ0v) is 15.7. The van der Waals surface area contributed by atoms with Crippen LogP contribution in [0.2, 0.25) is 0 Å². The fourth-order valence-electron chi connectivity index (χ4n) is 4.26. The molecule has 1 aromatic rings. The standard InChI is InChI=1S/C19H30N4O2/c1-15(2)23-11-5-7-19(18(23)25)8-12-22(14-19)17(24)6-4-10-21-13-9-20-16(21)3/h9,13,15H,4-8,10-12,14H2,1-3H3/t19-/m1/s1. The first-order valence-electron chi connectivity index (χ1n) is 9.49. The number of hydrogen-bond donors (Lipinski definition) is 0. The average Bonchev–Trinajstić information content (AvgIpc) is 3.18. The highest BCUT2D eigenvalue weighted by molar-refractivity contribution is 5.86. The fraction of sp³-hybridized carbons (Fsp3) is 0.737. The molecule has 0 saturated carbocycles. The van der Waals surface area contributed by atoms with Crippen LogP contribution < -0.4 is 0 Å². The van der Waals surface area contributed by atoms with E-state index in [1.807, 2.05) is 22.9 Å². The van der Waals surface area contributed by atoms with Crippen molar-refractivity contribution < 1.29 is 9.59 Å². The summed E-state index contributed by atoms with van der Waals surface area (Å²) in [5, 5.41) is 0. The van der Waals surface area contributed by atoms with E-state index in [1.54, 1.807) is 6.20 Å². The van der Waals surface area contributed by atoms with Gasteiger partial charge in [0.05, 0.1) is 5.41 Å². The Hall–Kier alpha value is -1.85. The van der Waals surface area contributed by atoms with Crippen molar-refractivity contribution in [2.45, 2.75) is 65.5 Å². The lowest BCUT2D eigenvalue weighted by molar-refractivity contribution is -0.148. The van der Waals surface area contributed by atoms with E-state index < -0.39 is 0 Å². The maximum atomic E-state index is 12.9. The number of hydrogen-bond acceptors (Lipinski definition) is 3. The molecule has 1 aromatic heterocycles. The van der Waals surface area contributed by atoms with Crippen molar-refractivity contribution in [1.82, 2.24) is 19.4 Å². The van der Waals surface area contributed by atoms with Gasteiger partial charge in [0.1, 0.15) is 5.82 Å². The van der Waals surface area contributed by atoms with Crippen LogP contribution in [0.5, 0.6) is 0 Å². The molecule has 25 heavy (non-hydrogen) atoms. The van der Waals surface area contributed by atoms with Crippen LogP contribution in [0.15, 0.2) is 12.4 Å². The zero-order chi connectivity index (χ0) is 18.0. The van der Waals surface area contributed by atoms with Crippen molar-refractivity contribution in [1.29, 1.82) is 0 Å². The van der Waals surface area contributed by atoms with Crippen LogP contribution in [-0.2, 0) is 16.1 Å². The first kappa shape index (κ1) is 18.0. The van der Waals surface area contributed by atoms with E-state index in [0.717, 1.165) is 51.1 Å². The molecule has 0 N–H and O–H groups in total. The lowest BCUT2D eigenvalue weighted by Gasteiger charge is -2.41. The van der Waals surface area contributed by atoms with E-state index in [1.165, 1.54) is 0 Å². The van der Waals surface area contributed by atoms with Gasteiger partial charge in [-0.25, -0.2) is 4.98 Å². The smallest absolute Gasteiger partial charge is 0.230 e. The van der Waals surface area contributed by atoms with Crippen molar-refractivity contribution in [2.24, 2.45) is 5.41 Å². The Balaban J connectivity index is 1.54. The first-order valence-corrected chi connectivity index (χ1v) is 9.49. The minimum atomic E-state index is -0.320. The van der Waals surface area contributed by atoms with Crippen LogP contribution in [0.1, 0.15) is 51.8 Å². The summed E-state index contributed by atoms with van der Waals surface area (Å²) in [5.74, 6) is 1.43. The molecule has 0 unspecified atom stereocenters. The zero-order valence-electron chi connectivity index (χ0n) is 15.7. The van der Waals surface area contributed by atoms with Gasteiger partial charge >= 0.3 is 0 Å². The minimum Gasteiger partial charge on any atom is -0.342 e. The molecule has 1 spiro atoms. The third-order valence-corrected chi connectivity index (χ3v) is 5.81. The van der Waals surface area contributed by atoms with E-state index >= 15 is 0 Å². The lowest BCUT2D eigenvalue weighted by Crippen LogP contribution is -2.52. The Labute approximate surface area is 150 Å². The SMILES string of the molecule is Cc1nccn1CCCC(=O)N1CC[C@]2(CCCN(C(C)C)C2=O)C1. The van der Waals surface area contributed by atoms with Crippen molar-refractivity contribution in [2.75, 3.05) is 19.6 Å². The molecule has 6 nitrogen and oxygen atoms in total. The topological polar surface area (TPSA) is 58.4 Å². The number of rotatable bonds is 5. The first-order chi connectivity index (χ1) is 11.9. The van der Waals surface area contributed by atoms with E-state index in [9.17, 15) is 9.59 Å². The van der Waals surface area contributed by atoms with Gasteiger partial charge in [-0.2, -0.15) is 0 Å². The van der Waals surface area contributed by atoms with E-state index in [4.69, 9.17) is 0 Å². The highest BCUT2D eigenvalue weighted by Gasteiger charge is 2.49. The van der Waals surface area contributed by atoms with Gasteiger partial charge in [0.15, 0.2) is 0 Å². The molecule has 138 valence electrons. The van der Waals surface area contributed by atoms with Crippen LogP contribution >= 0.6 is 0 Å². The van der Waals surface area contributed by atoms with Crippen molar-refractivity contribution in [3.63, 3.8) is 0 Å². The number of aryl methyl sites for hydroxylation is 2. The highest BCUT2D eigenvalue weighted by Crippen LogP contribution is 2.40. The molecule has 1 atom stereocenters. The Kier molecular flexibility index (Phi) is 5.16. The van der Waals surface area contributed by atoms with Gasteiger partial charge in [-0.05, 0) is 46.5 Å². The average molecular weight is 346 g/mol. The third kappa shape index (κ3) is 3.58. The Morgan fingerprint density at radius 1 is 1.32 bits per heavy atom. The monoisotopic (exact) mass is 346 g/mol. The predicted molar refractivity (Wildman–Crippen MR) is 95.9 cm³/mol. The summed E-state index contributed by atoms with van der Waals surface area (Å²) in [4.78, 5) is 33.6. The summed E-state index contributed by atoms with van der Waals surface area (Å²) in [7, 11) is 0. The number of imidazole rings is 1. The molecule has 3 rings (SSSR count). The summed E-state index contributed by atoms with van der Waals surface area (Å²) in [6.07, 6.45) is 7.88. The lowest BCUT2D eigenvalue weighted by atomic mass is 9.78. The second-order valence-electron chi connectivity index (χ2n) is 7.81. The van der Waals surface area contributed by atoms with Crippen LogP contribution in [-0.4, -0.2) is 56.8 Å². The Bertz CT molecular complexity index is 639. The van der Waals surface area contributed by atoms with Gasteiger partial charge < -0.3 is 14.4 Å². The number of nitrogens with zero attached hydrogens (tertiary/aromatic N) is 4. The summed E-state index contributed by atoms with van der Waals surface area (Å²) in [5.41, 5.74) is -0.320. The molecule has 0 radical (unpaired) electrons. The van der Waals surface area contributed by atoms with Crippen molar-refractivity contribution in [3.8, 4) is 0 Å². The molecule has 2 aliphatic rings. The fourth-order valence-corrected chi connectivity index (χ4v) is 4.26. The number of amides is 2. The predicted octanol–water partition coefficient (Wildman–Crippen LogP) is 2.22.